The molecule has 1 atom stereocenters. The van der Waals surface area contributed by atoms with Gasteiger partial charge in [0.1, 0.15) is 0 Å². The first kappa shape index (κ1) is 25.1. The summed E-state index contributed by atoms with van der Waals surface area (Å²) < 4.78 is 6.69. The minimum Gasteiger partial charge on any atom is -0.463 e. The Kier molecular flexibility index (Phi) is 7.53. The smallest absolute Gasteiger partial charge is 0.430 e. The van der Waals surface area contributed by atoms with Crippen LogP contribution in [0.4, 0.5) is 10.5 Å². The lowest BCUT2D eigenvalue weighted by Crippen LogP contribution is -2.69. The molecular weight excluding hydrogens is 448 g/mol. The van der Waals surface area contributed by atoms with Crippen molar-refractivity contribution in [1.82, 2.24) is 5.06 Å². The predicted molar refractivity (Wildman–Crippen MR) is 135 cm³/mol. The summed E-state index contributed by atoms with van der Waals surface area (Å²) in [5.41, 5.74) is 0.637. The van der Waals surface area contributed by atoms with Gasteiger partial charge in [-0.2, -0.15) is 5.06 Å². The second-order valence-corrected chi connectivity index (χ2v) is 13.5. The number of hydroxylamine groups is 2. The highest BCUT2D eigenvalue weighted by atomic mass is 28.4. The summed E-state index contributed by atoms with van der Waals surface area (Å²) in [7, 11) is -3.15. The van der Waals surface area contributed by atoms with Gasteiger partial charge in [-0.3, -0.25) is 10.1 Å². The zero-order chi connectivity index (χ0) is 24.9. The summed E-state index contributed by atoms with van der Waals surface area (Å²) in [6.07, 6.45) is -0.933. The molecule has 0 spiro atoms. The number of nitro benzene ring substituents is 1. The average molecular weight is 479 g/mol. The topological polar surface area (TPSA) is 92.9 Å². The maximum absolute atomic E-state index is 12.5. The van der Waals surface area contributed by atoms with E-state index in [1.54, 1.807) is 19.1 Å². The zero-order valence-electron chi connectivity index (χ0n) is 19.8. The monoisotopic (exact) mass is 478 g/mol. The first-order valence-corrected chi connectivity index (χ1v) is 13.0. The fourth-order valence-corrected chi connectivity index (χ4v) is 8.73. The van der Waals surface area contributed by atoms with Crippen LogP contribution in [0.15, 0.2) is 84.9 Å². The fourth-order valence-electron chi connectivity index (χ4n) is 4.31. The van der Waals surface area contributed by atoms with Crippen LogP contribution < -0.4 is 10.4 Å². The Morgan fingerprint density at radius 2 is 1.53 bits per heavy atom. The van der Waals surface area contributed by atoms with Crippen molar-refractivity contribution in [3.8, 4) is 0 Å². The summed E-state index contributed by atoms with van der Waals surface area (Å²) in [5.74, 6) is 0. The number of nitrogens with zero attached hydrogens (tertiary/aromatic N) is 2. The predicted octanol–water partition coefficient (Wildman–Crippen LogP) is 5.00. The molecule has 1 N–H and O–H groups in total. The molecule has 0 saturated heterocycles. The van der Waals surface area contributed by atoms with Gasteiger partial charge in [-0.25, -0.2) is 4.79 Å². The summed E-state index contributed by atoms with van der Waals surface area (Å²) in [6.45, 7) is 7.98. The molecule has 8 heteroatoms. The molecule has 0 radical (unpaired) electrons. The van der Waals surface area contributed by atoms with E-state index in [4.69, 9.17) is 4.53 Å². The van der Waals surface area contributed by atoms with Crippen LogP contribution in [-0.2, 0) is 10.9 Å². The standard InChI is InChI=1S/C26H30N2O5Si/c1-20(18-21-12-11-13-22(19-21)28(31)32)27(25(29)30)33-34(26(2,3)4,23-14-7-5-8-15-23)24-16-9-6-10-17-24/h5-17,19-20H,18H2,1-4H3,(H,29,30)/t20-/m0/s1. The van der Waals surface area contributed by atoms with Crippen LogP contribution in [0.5, 0.6) is 0 Å². The van der Waals surface area contributed by atoms with Gasteiger partial charge in [-0.1, -0.05) is 93.6 Å². The molecule has 7 nitrogen and oxygen atoms in total. The van der Waals surface area contributed by atoms with Gasteiger partial charge in [-0.05, 0) is 34.3 Å². The quantitative estimate of drug-likeness (QED) is 0.279. The van der Waals surface area contributed by atoms with Gasteiger partial charge in [-0.15, -0.1) is 0 Å². The van der Waals surface area contributed by atoms with E-state index in [-0.39, 0.29) is 12.1 Å². The van der Waals surface area contributed by atoms with Gasteiger partial charge >= 0.3 is 6.09 Å². The van der Waals surface area contributed by atoms with Crippen LogP contribution in [-0.4, -0.2) is 35.5 Å². The van der Waals surface area contributed by atoms with Gasteiger partial charge in [0.25, 0.3) is 14.0 Å². The molecule has 3 aromatic rings. The van der Waals surface area contributed by atoms with Crippen molar-refractivity contribution >= 4 is 30.5 Å². The number of nitro groups is 1. The summed E-state index contributed by atoms with van der Waals surface area (Å²) >= 11 is 0. The molecule has 0 heterocycles. The van der Waals surface area contributed by atoms with Crippen LogP contribution in [0.3, 0.4) is 0 Å². The maximum atomic E-state index is 12.5. The van der Waals surface area contributed by atoms with Crippen LogP contribution in [0.2, 0.25) is 5.04 Å². The summed E-state index contributed by atoms with van der Waals surface area (Å²) in [4.78, 5) is 23.2. The zero-order valence-corrected chi connectivity index (χ0v) is 20.8. The minimum absolute atomic E-state index is 0.0283. The largest absolute Gasteiger partial charge is 0.463 e. The molecule has 34 heavy (non-hydrogen) atoms. The Morgan fingerprint density at radius 3 is 1.97 bits per heavy atom. The van der Waals surface area contributed by atoms with Crippen molar-refractivity contribution in [1.29, 1.82) is 0 Å². The normalized spacial score (nSPS) is 12.7. The molecular formula is C26H30N2O5Si. The van der Waals surface area contributed by atoms with Crippen molar-refractivity contribution in [2.24, 2.45) is 0 Å². The van der Waals surface area contributed by atoms with Crippen molar-refractivity contribution in [3.63, 3.8) is 0 Å². The molecule has 178 valence electrons. The van der Waals surface area contributed by atoms with E-state index >= 15 is 0 Å². The highest BCUT2D eigenvalue weighted by molar-refractivity contribution is 6.99. The highest BCUT2D eigenvalue weighted by Crippen LogP contribution is 2.38. The number of amides is 1. The van der Waals surface area contributed by atoms with E-state index < -0.39 is 30.4 Å². The fraction of sp³-hybridized carbons (Fsp3) is 0.269. The van der Waals surface area contributed by atoms with E-state index in [1.807, 2.05) is 60.7 Å². The Bertz CT molecular complexity index is 1090. The lowest BCUT2D eigenvalue weighted by atomic mass is 10.1. The molecule has 0 saturated carbocycles. The number of benzene rings is 3. The number of carboxylic acid groups (broad SMARTS) is 1. The first-order chi connectivity index (χ1) is 16.1. The van der Waals surface area contributed by atoms with Gasteiger partial charge in [0.15, 0.2) is 0 Å². The summed E-state index contributed by atoms with van der Waals surface area (Å²) in [6, 6.07) is 25.3. The molecule has 3 rings (SSSR count). The van der Waals surface area contributed by atoms with E-state index in [1.165, 1.54) is 12.1 Å². The molecule has 1 amide bonds. The van der Waals surface area contributed by atoms with Crippen molar-refractivity contribution in [2.45, 2.75) is 45.2 Å². The Balaban J connectivity index is 2.08. The van der Waals surface area contributed by atoms with E-state index in [0.717, 1.165) is 15.4 Å². The molecule has 0 fully saturated rings. The third-order valence-corrected chi connectivity index (χ3v) is 10.8. The van der Waals surface area contributed by atoms with Gasteiger partial charge < -0.3 is 9.63 Å². The first-order valence-electron chi connectivity index (χ1n) is 11.1. The molecule has 0 unspecified atom stereocenters. The molecule has 0 aliphatic heterocycles. The third kappa shape index (κ3) is 5.18. The second kappa shape index (κ2) is 10.2. The van der Waals surface area contributed by atoms with Crippen molar-refractivity contribution in [2.75, 3.05) is 0 Å². The number of rotatable bonds is 8. The Hall–Kier alpha value is -3.49. The number of non-ortho nitro benzene ring substituents is 1. The van der Waals surface area contributed by atoms with Crippen LogP contribution in [0, 0.1) is 10.1 Å². The molecule has 0 aliphatic carbocycles. The molecule has 3 aromatic carbocycles. The molecule has 0 aliphatic rings. The lowest BCUT2D eigenvalue weighted by Gasteiger charge is -2.45. The number of hydrogen-bond donors (Lipinski definition) is 1. The molecule has 0 aromatic heterocycles. The van der Waals surface area contributed by atoms with E-state index in [0.29, 0.717) is 5.56 Å². The third-order valence-electron chi connectivity index (χ3n) is 5.89. The highest BCUT2D eigenvalue weighted by Gasteiger charge is 2.53. The molecule has 0 bridgehead atoms. The van der Waals surface area contributed by atoms with Crippen LogP contribution >= 0.6 is 0 Å². The van der Waals surface area contributed by atoms with Crippen LogP contribution in [0.1, 0.15) is 33.3 Å². The Labute approximate surface area is 200 Å². The van der Waals surface area contributed by atoms with E-state index in [9.17, 15) is 20.0 Å². The number of hydrogen-bond acceptors (Lipinski definition) is 4. The van der Waals surface area contributed by atoms with Gasteiger partial charge in [0.2, 0.25) is 0 Å². The summed E-state index contributed by atoms with van der Waals surface area (Å²) in [5, 5.41) is 23.9. The maximum Gasteiger partial charge on any atom is 0.430 e. The Morgan fingerprint density at radius 1 is 1.00 bits per heavy atom. The lowest BCUT2D eigenvalue weighted by molar-refractivity contribution is -0.384. The van der Waals surface area contributed by atoms with Crippen molar-refractivity contribution in [3.05, 3.63) is 101 Å². The minimum atomic E-state index is -3.15. The van der Waals surface area contributed by atoms with Crippen molar-refractivity contribution < 1.29 is 19.4 Å². The van der Waals surface area contributed by atoms with E-state index in [2.05, 4.69) is 20.8 Å². The SMILES string of the molecule is C[C@@H](Cc1cccc([N+](=O)[O-])c1)N(O[Si](c1ccccc1)(c1ccccc1)C(C)(C)C)C(=O)O. The second-order valence-electron chi connectivity index (χ2n) is 9.34. The average Bonchev–Trinajstić information content (AvgIpc) is 2.80. The van der Waals surface area contributed by atoms with Gasteiger partial charge in [0.05, 0.1) is 11.0 Å². The van der Waals surface area contributed by atoms with Crippen LogP contribution in [0.25, 0.3) is 0 Å². The number of carbonyl (C=O) groups is 1. The van der Waals surface area contributed by atoms with Gasteiger partial charge in [0, 0.05) is 12.1 Å².